The van der Waals surface area contributed by atoms with Gasteiger partial charge in [0, 0.05) is 10.4 Å². The van der Waals surface area contributed by atoms with E-state index in [4.69, 9.17) is 18.3 Å². The summed E-state index contributed by atoms with van der Waals surface area (Å²) in [6.45, 7) is 6.16. The SMILES string of the molecule is COc1ccc(C(O)(c2ccc(OC)cc2)c2ccc(O[Si](OC(C)(C)C)(c3ccccc3)c3ccccc3)cc2)cc1. The smallest absolute Gasteiger partial charge is 0.469 e. The van der Waals surface area contributed by atoms with Gasteiger partial charge >= 0.3 is 8.56 Å². The normalized spacial score (nSPS) is 12.0. The topological polar surface area (TPSA) is 57.2 Å². The summed E-state index contributed by atoms with van der Waals surface area (Å²) in [5, 5.41) is 14.5. The molecule has 0 aliphatic rings. The van der Waals surface area contributed by atoms with Crippen LogP contribution in [0.4, 0.5) is 0 Å². The van der Waals surface area contributed by atoms with Crippen molar-refractivity contribution in [2.45, 2.75) is 32.0 Å². The van der Waals surface area contributed by atoms with Crippen LogP contribution in [0.2, 0.25) is 0 Å². The Morgan fingerprint density at radius 3 is 1.16 bits per heavy atom. The zero-order valence-electron chi connectivity index (χ0n) is 25.3. The minimum Gasteiger partial charge on any atom is -0.514 e. The largest absolute Gasteiger partial charge is 0.514 e. The standard InChI is InChI=1S/C37H38O5Si/c1-36(2,3)42-43(34-12-8-6-9-13-34,35-14-10-7-11-15-35)41-33-26-20-30(21-27-33)37(38,28-16-22-31(39-4)23-17-28)29-18-24-32(40-5)25-19-29/h6-27,38H,1-5H3. The monoisotopic (exact) mass is 590 g/mol. The van der Waals surface area contributed by atoms with Gasteiger partial charge in [0.1, 0.15) is 22.8 Å². The Balaban J connectivity index is 1.60. The van der Waals surface area contributed by atoms with Crippen molar-refractivity contribution in [3.8, 4) is 17.2 Å². The second kappa shape index (κ2) is 12.5. The average Bonchev–Trinajstić information content (AvgIpc) is 3.04. The van der Waals surface area contributed by atoms with Gasteiger partial charge in [-0.15, -0.1) is 0 Å². The van der Waals surface area contributed by atoms with E-state index in [1.165, 1.54) is 0 Å². The summed E-state index contributed by atoms with van der Waals surface area (Å²) in [4.78, 5) is 0. The minimum atomic E-state index is -3.23. The lowest BCUT2D eigenvalue weighted by molar-refractivity contribution is 0.101. The molecule has 0 amide bonds. The molecule has 0 fully saturated rings. The average molecular weight is 591 g/mol. The molecule has 5 aromatic carbocycles. The van der Waals surface area contributed by atoms with E-state index in [-0.39, 0.29) is 0 Å². The zero-order chi connectivity index (χ0) is 30.5. The second-order valence-corrected chi connectivity index (χ2v) is 14.2. The van der Waals surface area contributed by atoms with Crippen LogP contribution in [-0.4, -0.2) is 33.5 Å². The molecule has 0 heterocycles. The summed E-state index contributed by atoms with van der Waals surface area (Å²) in [7, 11) is 0.0255. The van der Waals surface area contributed by atoms with Gasteiger partial charge in [0.05, 0.1) is 19.8 Å². The summed E-state index contributed by atoms with van der Waals surface area (Å²) in [5.41, 5.74) is 0.201. The molecule has 6 heteroatoms. The van der Waals surface area contributed by atoms with Crippen molar-refractivity contribution in [2.24, 2.45) is 0 Å². The molecule has 0 spiro atoms. The highest BCUT2D eigenvalue weighted by molar-refractivity contribution is 6.93. The van der Waals surface area contributed by atoms with Gasteiger partial charge in [0.15, 0.2) is 0 Å². The van der Waals surface area contributed by atoms with Crippen molar-refractivity contribution in [1.29, 1.82) is 0 Å². The van der Waals surface area contributed by atoms with Gasteiger partial charge in [-0.25, -0.2) is 0 Å². The second-order valence-electron chi connectivity index (χ2n) is 11.4. The third kappa shape index (κ3) is 6.37. The summed E-state index contributed by atoms with van der Waals surface area (Å²) in [5.74, 6) is 2.08. The molecule has 1 N–H and O–H groups in total. The predicted molar refractivity (Wildman–Crippen MR) is 174 cm³/mol. The van der Waals surface area contributed by atoms with Crippen LogP contribution in [0, 0.1) is 0 Å². The maximum atomic E-state index is 12.4. The molecule has 0 aliphatic carbocycles. The van der Waals surface area contributed by atoms with Gasteiger partial charge in [-0.05, 0) is 73.9 Å². The lowest BCUT2D eigenvalue weighted by Gasteiger charge is -2.37. The molecule has 0 saturated heterocycles. The van der Waals surface area contributed by atoms with E-state index in [1.807, 2.05) is 109 Å². The van der Waals surface area contributed by atoms with E-state index in [1.54, 1.807) is 14.2 Å². The maximum Gasteiger partial charge on any atom is 0.469 e. The van der Waals surface area contributed by atoms with Crippen LogP contribution in [0.5, 0.6) is 17.2 Å². The van der Waals surface area contributed by atoms with Gasteiger partial charge < -0.3 is 23.4 Å². The van der Waals surface area contributed by atoms with Crippen LogP contribution in [0.3, 0.4) is 0 Å². The molecule has 0 unspecified atom stereocenters. The van der Waals surface area contributed by atoms with Gasteiger partial charge in [-0.1, -0.05) is 97.1 Å². The van der Waals surface area contributed by atoms with Crippen LogP contribution in [0.25, 0.3) is 0 Å². The van der Waals surface area contributed by atoms with Crippen LogP contribution in [0.1, 0.15) is 37.5 Å². The van der Waals surface area contributed by atoms with E-state index < -0.39 is 19.8 Å². The number of hydrogen-bond acceptors (Lipinski definition) is 5. The Bertz CT molecular complexity index is 1510. The van der Waals surface area contributed by atoms with Crippen molar-refractivity contribution in [2.75, 3.05) is 14.2 Å². The summed E-state index contributed by atoms with van der Waals surface area (Å²) in [6.07, 6.45) is 0. The molecule has 0 radical (unpaired) electrons. The molecule has 5 nitrogen and oxygen atoms in total. The molecule has 43 heavy (non-hydrogen) atoms. The number of hydrogen-bond donors (Lipinski definition) is 1. The third-order valence-electron chi connectivity index (χ3n) is 7.31. The van der Waals surface area contributed by atoms with Crippen LogP contribution >= 0.6 is 0 Å². The number of aliphatic hydroxyl groups is 1. The van der Waals surface area contributed by atoms with Crippen LogP contribution in [0.15, 0.2) is 133 Å². The third-order valence-corrected chi connectivity index (χ3v) is 10.9. The highest BCUT2D eigenvalue weighted by atomic mass is 28.4. The van der Waals surface area contributed by atoms with Crippen molar-refractivity contribution in [3.63, 3.8) is 0 Å². The van der Waals surface area contributed by atoms with Crippen molar-refractivity contribution in [1.82, 2.24) is 0 Å². The lowest BCUT2D eigenvalue weighted by Crippen LogP contribution is -2.68. The number of ether oxygens (including phenoxy) is 2. The molecule has 0 bridgehead atoms. The quantitative estimate of drug-likeness (QED) is 0.150. The van der Waals surface area contributed by atoms with E-state index in [9.17, 15) is 5.11 Å². The van der Waals surface area contributed by atoms with E-state index in [0.717, 1.165) is 10.4 Å². The fourth-order valence-corrected chi connectivity index (χ4v) is 8.70. The minimum absolute atomic E-state index is 0.471. The number of methoxy groups -OCH3 is 2. The Hall–Kier alpha value is -4.36. The van der Waals surface area contributed by atoms with Crippen molar-refractivity contribution >= 4 is 18.9 Å². The van der Waals surface area contributed by atoms with Gasteiger partial charge in [-0.2, -0.15) is 0 Å². The first-order valence-electron chi connectivity index (χ1n) is 14.3. The molecule has 0 atom stereocenters. The van der Waals surface area contributed by atoms with E-state index in [0.29, 0.717) is 33.9 Å². The fourth-order valence-electron chi connectivity index (χ4n) is 5.26. The first kappa shape index (κ1) is 30.1. The van der Waals surface area contributed by atoms with Gasteiger partial charge in [0.2, 0.25) is 0 Å². The Kier molecular flexibility index (Phi) is 8.73. The fraction of sp³-hybridized carbons (Fsp3) is 0.189. The van der Waals surface area contributed by atoms with Crippen LogP contribution in [-0.2, 0) is 10.0 Å². The number of rotatable bonds is 10. The Morgan fingerprint density at radius 1 is 0.488 bits per heavy atom. The van der Waals surface area contributed by atoms with Crippen molar-refractivity contribution in [3.05, 3.63) is 150 Å². The van der Waals surface area contributed by atoms with E-state index >= 15 is 0 Å². The lowest BCUT2D eigenvalue weighted by atomic mass is 9.80. The molecule has 0 aliphatic heterocycles. The number of benzene rings is 5. The molecule has 0 aromatic heterocycles. The summed E-state index contributed by atoms with van der Waals surface area (Å²) < 4.78 is 24.7. The molecule has 220 valence electrons. The zero-order valence-corrected chi connectivity index (χ0v) is 26.3. The Labute approximate surface area is 255 Å². The summed E-state index contributed by atoms with van der Waals surface area (Å²) >= 11 is 0. The molecular weight excluding hydrogens is 552 g/mol. The van der Waals surface area contributed by atoms with Gasteiger partial charge in [0.25, 0.3) is 0 Å². The van der Waals surface area contributed by atoms with Crippen LogP contribution < -0.4 is 24.3 Å². The predicted octanol–water partition coefficient (Wildman–Crippen LogP) is 6.44. The molecule has 5 aromatic rings. The highest BCUT2D eigenvalue weighted by Gasteiger charge is 2.48. The summed E-state index contributed by atoms with van der Waals surface area (Å²) in [6, 6.07) is 42.9. The maximum absolute atomic E-state index is 12.4. The molecular formula is C37H38O5Si. The first-order valence-corrected chi connectivity index (χ1v) is 16.1. The molecule has 5 rings (SSSR count). The molecule has 0 saturated carbocycles. The van der Waals surface area contributed by atoms with Gasteiger partial charge in [-0.3, -0.25) is 0 Å². The Morgan fingerprint density at radius 2 is 0.837 bits per heavy atom. The van der Waals surface area contributed by atoms with Crippen molar-refractivity contribution < 1.29 is 23.4 Å². The first-order chi connectivity index (χ1) is 20.7. The highest BCUT2D eigenvalue weighted by Crippen LogP contribution is 2.39. The van der Waals surface area contributed by atoms with E-state index in [2.05, 4.69) is 45.0 Å².